The van der Waals surface area contributed by atoms with Crippen molar-refractivity contribution in [2.75, 3.05) is 31.6 Å². The molecule has 1 aliphatic heterocycles. The Balaban J connectivity index is 2.36. The van der Waals surface area contributed by atoms with Crippen molar-refractivity contribution in [1.82, 2.24) is 4.90 Å². The van der Waals surface area contributed by atoms with E-state index in [9.17, 15) is 8.78 Å². The van der Waals surface area contributed by atoms with E-state index in [0.29, 0.717) is 6.04 Å². The highest BCUT2D eigenvalue weighted by molar-refractivity contribution is 7.99. The molecule has 0 aliphatic carbocycles. The third-order valence-corrected chi connectivity index (χ3v) is 3.74. The molecule has 14 heavy (non-hydrogen) atoms. The second-order valence-electron chi connectivity index (χ2n) is 3.85. The van der Waals surface area contributed by atoms with E-state index in [1.54, 1.807) is 11.9 Å². The lowest BCUT2D eigenvalue weighted by molar-refractivity contribution is -0.0257. The minimum Gasteiger partial charge on any atom is -0.325 e. The fourth-order valence-electron chi connectivity index (χ4n) is 1.63. The van der Waals surface area contributed by atoms with Crippen molar-refractivity contribution in [2.24, 2.45) is 5.73 Å². The number of halogens is 2. The van der Waals surface area contributed by atoms with Gasteiger partial charge in [-0.2, -0.15) is 11.8 Å². The molecule has 0 radical (unpaired) electrons. The monoisotopic (exact) mass is 224 g/mol. The Morgan fingerprint density at radius 3 is 2.79 bits per heavy atom. The fraction of sp³-hybridized carbons (Fsp3) is 1.00. The lowest BCUT2D eigenvalue weighted by Gasteiger charge is -2.32. The summed E-state index contributed by atoms with van der Waals surface area (Å²) in [5.41, 5.74) is 5.00. The molecular formula is C9H18F2N2S. The Bertz CT molecular complexity index is 172. The number of hydrogen-bond donors (Lipinski definition) is 1. The Hall–Kier alpha value is 0.130. The van der Waals surface area contributed by atoms with E-state index in [-0.39, 0.29) is 6.54 Å². The van der Waals surface area contributed by atoms with E-state index in [1.165, 1.54) is 0 Å². The van der Waals surface area contributed by atoms with Crippen LogP contribution in [-0.2, 0) is 0 Å². The summed E-state index contributed by atoms with van der Waals surface area (Å²) in [6.07, 6.45) is 2.16. The van der Waals surface area contributed by atoms with E-state index in [2.05, 4.69) is 0 Å². The van der Waals surface area contributed by atoms with Crippen LogP contribution < -0.4 is 5.73 Å². The molecule has 5 heteroatoms. The highest BCUT2D eigenvalue weighted by Crippen LogP contribution is 2.23. The molecule has 84 valence electrons. The molecule has 1 aliphatic rings. The maximum absolute atomic E-state index is 13.0. The van der Waals surface area contributed by atoms with Gasteiger partial charge in [0.15, 0.2) is 0 Å². The van der Waals surface area contributed by atoms with Crippen LogP contribution in [0, 0.1) is 0 Å². The normalized spacial score (nSPS) is 24.2. The molecule has 1 fully saturated rings. The molecule has 0 aromatic carbocycles. The van der Waals surface area contributed by atoms with Crippen LogP contribution in [0.15, 0.2) is 0 Å². The molecule has 0 aromatic rings. The van der Waals surface area contributed by atoms with Crippen molar-refractivity contribution < 1.29 is 8.78 Å². The molecule has 1 unspecified atom stereocenters. The van der Waals surface area contributed by atoms with Crippen molar-refractivity contribution >= 4 is 11.8 Å². The fourth-order valence-corrected chi connectivity index (χ4v) is 2.86. The van der Waals surface area contributed by atoms with Crippen LogP contribution in [-0.4, -0.2) is 48.5 Å². The third-order valence-electron chi connectivity index (χ3n) is 2.54. The van der Waals surface area contributed by atoms with Gasteiger partial charge in [0, 0.05) is 11.8 Å². The third kappa shape index (κ3) is 3.71. The van der Waals surface area contributed by atoms with Gasteiger partial charge in [0.1, 0.15) is 0 Å². The zero-order chi connectivity index (χ0) is 10.6. The number of hydrogen-bond acceptors (Lipinski definition) is 3. The number of rotatable bonds is 4. The summed E-state index contributed by atoms with van der Waals surface area (Å²) in [5, 5.41) is 0. The quantitative estimate of drug-likeness (QED) is 0.783. The van der Waals surface area contributed by atoms with Crippen LogP contribution >= 0.6 is 11.8 Å². The molecule has 1 saturated heterocycles. The summed E-state index contributed by atoms with van der Waals surface area (Å²) in [6, 6.07) is 0.297. The Morgan fingerprint density at radius 2 is 2.29 bits per heavy atom. The SMILES string of the molecule is CN(CC(F)(F)CN)C1CCCSC1. The van der Waals surface area contributed by atoms with Crippen LogP contribution in [0.3, 0.4) is 0 Å². The predicted octanol–water partition coefficient (Wildman–Crippen LogP) is 1.41. The molecule has 1 heterocycles. The summed E-state index contributed by atoms with van der Waals surface area (Å²) in [4.78, 5) is 1.75. The molecule has 2 nitrogen and oxygen atoms in total. The van der Waals surface area contributed by atoms with Gasteiger partial charge in [-0.05, 0) is 25.6 Å². The maximum Gasteiger partial charge on any atom is 0.272 e. The summed E-state index contributed by atoms with van der Waals surface area (Å²) < 4.78 is 26.0. The molecule has 1 atom stereocenters. The van der Waals surface area contributed by atoms with Crippen molar-refractivity contribution in [3.63, 3.8) is 0 Å². The molecule has 2 N–H and O–H groups in total. The smallest absolute Gasteiger partial charge is 0.272 e. The summed E-state index contributed by atoms with van der Waals surface area (Å²) in [5.74, 6) is -0.606. The molecule has 0 amide bonds. The van der Waals surface area contributed by atoms with E-state index in [4.69, 9.17) is 5.73 Å². The van der Waals surface area contributed by atoms with Crippen LogP contribution in [0.2, 0.25) is 0 Å². The standard InChI is InChI=1S/C9H18F2N2S/c1-13(7-9(10,11)6-12)8-3-2-4-14-5-8/h8H,2-7,12H2,1H3. The van der Waals surface area contributed by atoms with Gasteiger partial charge in [0.25, 0.3) is 5.92 Å². The van der Waals surface area contributed by atoms with Gasteiger partial charge in [-0.3, -0.25) is 4.90 Å². The molecule has 0 bridgehead atoms. The first-order valence-corrected chi connectivity index (χ1v) is 6.06. The van der Waals surface area contributed by atoms with E-state index >= 15 is 0 Å². The zero-order valence-electron chi connectivity index (χ0n) is 8.51. The van der Waals surface area contributed by atoms with E-state index in [0.717, 1.165) is 24.3 Å². The second-order valence-corrected chi connectivity index (χ2v) is 5.00. The van der Waals surface area contributed by atoms with Crippen molar-refractivity contribution in [3.05, 3.63) is 0 Å². The lowest BCUT2D eigenvalue weighted by atomic mass is 10.1. The first kappa shape index (κ1) is 12.2. The zero-order valence-corrected chi connectivity index (χ0v) is 9.33. The maximum atomic E-state index is 13.0. The summed E-state index contributed by atoms with van der Waals surface area (Å²) in [7, 11) is 1.76. The molecule has 0 spiro atoms. The molecule has 1 rings (SSSR count). The largest absolute Gasteiger partial charge is 0.325 e. The van der Waals surface area contributed by atoms with Gasteiger partial charge in [-0.15, -0.1) is 0 Å². The molecular weight excluding hydrogens is 206 g/mol. The minimum absolute atomic E-state index is 0.214. The van der Waals surface area contributed by atoms with Gasteiger partial charge < -0.3 is 5.73 Å². The summed E-state index contributed by atoms with van der Waals surface area (Å²) >= 11 is 1.85. The van der Waals surface area contributed by atoms with Crippen molar-refractivity contribution in [1.29, 1.82) is 0 Å². The van der Waals surface area contributed by atoms with Gasteiger partial charge in [0.05, 0.1) is 13.1 Å². The van der Waals surface area contributed by atoms with E-state index in [1.807, 2.05) is 11.8 Å². The van der Waals surface area contributed by atoms with Crippen LogP contribution in [0.1, 0.15) is 12.8 Å². The average molecular weight is 224 g/mol. The highest BCUT2D eigenvalue weighted by atomic mass is 32.2. The second kappa shape index (κ2) is 5.28. The minimum atomic E-state index is -2.74. The first-order chi connectivity index (χ1) is 6.55. The lowest BCUT2D eigenvalue weighted by Crippen LogP contribution is -2.46. The number of alkyl halides is 2. The van der Waals surface area contributed by atoms with Gasteiger partial charge in [-0.25, -0.2) is 8.78 Å². The number of thioether (sulfide) groups is 1. The van der Waals surface area contributed by atoms with Crippen molar-refractivity contribution in [2.45, 2.75) is 24.8 Å². The Kier molecular flexibility index (Phi) is 4.60. The molecule has 0 aromatic heterocycles. The van der Waals surface area contributed by atoms with Crippen molar-refractivity contribution in [3.8, 4) is 0 Å². The summed E-state index contributed by atoms with van der Waals surface area (Å²) in [6.45, 7) is -0.772. The topological polar surface area (TPSA) is 29.3 Å². The molecule has 0 saturated carbocycles. The van der Waals surface area contributed by atoms with E-state index < -0.39 is 12.5 Å². The average Bonchev–Trinajstić information content (AvgIpc) is 2.19. The predicted molar refractivity (Wildman–Crippen MR) is 57.0 cm³/mol. The van der Waals surface area contributed by atoms with Crippen LogP contribution in [0.5, 0.6) is 0 Å². The Labute approximate surface area is 88.2 Å². The van der Waals surface area contributed by atoms with Gasteiger partial charge in [-0.1, -0.05) is 0 Å². The highest BCUT2D eigenvalue weighted by Gasteiger charge is 2.31. The van der Waals surface area contributed by atoms with Gasteiger partial charge >= 0.3 is 0 Å². The number of nitrogens with two attached hydrogens (primary N) is 1. The van der Waals surface area contributed by atoms with Crippen LogP contribution in [0.25, 0.3) is 0 Å². The Morgan fingerprint density at radius 1 is 1.57 bits per heavy atom. The van der Waals surface area contributed by atoms with Gasteiger partial charge in [0.2, 0.25) is 0 Å². The number of nitrogens with zero attached hydrogens (tertiary/aromatic N) is 1. The first-order valence-electron chi connectivity index (χ1n) is 4.91. The van der Waals surface area contributed by atoms with Crippen LogP contribution in [0.4, 0.5) is 8.78 Å².